The van der Waals surface area contributed by atoms with E-state index in [1.165, 1.54) is 22.3 Å². The third-order valence-corrected chi connectivity index (χ3v) is 9.09. The fourth-order valence-corrected chi connectivity index (χ4v) is 6.78. The highest BCUT2D eigenvalue weighted by Crippen LogP contribution is 2.56. The first-order valence-corrected chi connectivity index (χ1v) is 16.0. The van der Waals surface area contributed by atoms with E-state index >= 15 is 0 Å². The number of aliphatic imine (C=N–C) groups is 2. The molecule has 6 nitrogen and oxygen atoms in total. The van der Waals surface area contributed by atoms with Crippen molar-refractivity contribution in [2.24, 2.45) is 9.98 Å². The molecular formula is C43H36N2O4. The molecule has 6 aromatic carbocycles. The summed E-state index contributed by atoms with van der Waals surface area (Å²) in [4.78, 5) is 9.57. The summed E-state index contributed by atoms with van der Waals surface area (Å²) in [6.45, 7) is 0. The van der Waals surface area contributed by atoms with Crippen LogP contribution in [0.15, 0.2) is 143 Å². The predicted octanol–water partition coefficient (Wildman–Crippen LogP) is 9.59. The van der Waals surface area contributed by atoms with Crippen LogP contribution in [0, 0.1) is 0 Å². The van der Waals surface area contributed by atoms with Crippen LogP contribution >= 0.6 is 0 Å². The zero-order valence-electron chi connectivity index (χ0n) is 27.9. The summed E-state index contributed by atoms with van der Waals surface area (Å²) in [5, 5.41) is 0. The Balaban J connectivity index is 1.27. The zero-order valence-corrected chi connectivity index (χ0v) is 27.9. The molecule has 6 heteroatoms. The third-order valence-electron chi connectivity index (χ3n) is 9.09. The molecule has 0 atom stereocenters. The first-order valence-electron chi connectivity index (χ1n) is 16.0. The highest BCUT2D eigenvalue weighted by molar-refractivity contribution is 5.87. The number of hydrogen-bond acceptors (Lipinski definition) is 6. The van der Waals surface area contributed by atoms with E-state index in [1.54, 1.807) is 28.4 Å². The molecule has 0 bridgehead atoms. The van der Waals surface area contributed by atoms with Gasteiger partial charge in [-0.3, -0.25) is 9.98 Å². The second-order valence-corrected chi connectivity index (χ2v) is 11.7. The van der Waals surface area contributed by atoms with Gasteiger partial charge < -0.3 is 18.9 Å². The lowest BCUT2D eigenvalue weighted by Crippen LogP contribution is -2.28. The summed E-state index contributed by atoms with van der Waals surface area (Å²) in [6.07, 6.45) is 3.68. The maximum Gasteiger partial charge on any atom is 0.161 e. The van der Waals surface area contributed by atoms with Crippen LogP contribution in [-0.4, -0.2) is 40.9 Å². The van der Waals surface area contributed by atoms with Gasteiger partial charge in [0.05, 0.1) is 45.2 Å². The second kappa shape index (κ2) is 13.5. The minimum atomic E-state index is -0.523. The molecule has 0 amide bonds. The number of methoxy groups -OCH3 is 4. The molecule has 0 aromatic heterocycles. The molecule has 0 aliphatic heterocycles. The molecule has 0 saturated carbocycles. The normalized spacial score (nSPS) is 12.9. The molecule has 0 spiro atoms. The molecule has 6 aromatic rings. The Hall–Kier alpha value is -6.14. The lowest BCUT2D eigenvalue weighted by atomic mass is 9.67. The monoisotopic (exact) mass is 644 g/mol. The van der Waals surface area contributed by atoms with Gasteiger partial charge in [0.15, 0.2) is 23.0 Å². The molecule has 0 radical (unpaired) electrons. The fourth-order valence-electron chi connectivity index (χ4n) is 6.78. The van der Waals surface area contributed by atoms with E-state index in [0.29, 0.717) is 23.0 Å². The van der Waals surface area contributed by atoms with Gasteiger partial charge in [0.25, 0.3) is 0 Å². The SMILES string of the molecule is COc1ccc(C=Nc2ccc(C3(c4ccc(N=Cc5ccc(OC)c(OC)c5)cc4)c4ccccc4-c4ccccc43)cc2)cc1OC. The number of nitrogens with zero attached hydrogens (tertiary/aromatic N) is 2. The van der Waals surface area contributed by atoms with Gasteiger partial charge in [-0.05, 0) is 105 Å². The molecule has 49 heavy (non-hydrogen) atoms. The minimum absolute atomic E-state index is 0.523. The maximum atomic E-state index is 5.47. The summed E-state index contributed by atoms with van der Waals surface area (Å²) in [5.41, 5.74) is 10.3. The van der Waals surface area contributed by atoms with Gasteiger partial charge in [-0.15, -0.1) is 0 Å². The highest BCUT2D eigenvalue weighted by Gasteiger charge is 2.45. The van der Waals surface area contributed by atoms with Crippen LogP contribution in [0.3, 0.4) is 0 Å². The van der Waals surface area contributed by atoms with Crippen LogP contribution in [0.25, 0.3) is 11.1 Å². The van der Waals surface area contributed by atoms with Crippen LogP contribution < -0.4 is 18.9 Å². The number of hydrogen-bond donors (Lipinski definition) is 0. The summed E-state index contributed by atoms with van der Waals surface area (Å²) in [5.74, 6) is 2.70. The first-order chi connectivity index (χ1) is 24.1. The van der Waals surface area contributed by atoms with E-state index in [0.717, 1.165) is 33.6 Å². The number of ether oxygens (including phenoxy) is 4. The molecule has 1 aliphatic rings. The van der Waals surface area contributed by atoms with Crippen molar-refractivity contribution in [3.63, 3.8) is 0 Å². The predicted molar refractivity (Wildman–Crippen MR) is 197 cm³/mol. The van der Waals surface area contributed by atoms with Crippen molar-refractivity contribution in [2.45, 2.75) is 5.41 Å². The van der Waals surface area contributed by atoms with E-state index in [4.69, 9.17) is 28.9 Å². The van der Waals surface area contributed by atoms with E-state index in [-0.39, 0.29) is 0 Å². The van der Waals surface area contributed by atoms with Gasteiger partial charge in [0.1, 0.15) is 0 Å². The quantitative estimate of drug-likeness (QED) is 0.139. The zero-order chi connectivity index (χ0) is 33.8. The Morgan fingerprint density at radius 1 is 0.429 bits per heavy atom. The van der Waals surface area contributed by atoms with Crippen LogP contribution in [-0.2, 0) is 5.41 Å². The molecule has 7 rings (SSSR count). The Kier molecular flexibility index (Phi) is 8.69. The third kappa shape index (κ3) is 5.72. The smallest absolute Gasteiger partial charge is 0.161 e. The number of fused-ring (bicyclic) bond motifs is 3. The first kappa shape index (κ1) is 31.5. The summed E-state index contributed by atoms with van der Waals surface area (Å²) in [6, 6.07) is 46.1. The van der Waals surface area contributed by atoms with Crippen molar-refractivity contribution < 1.29 is 18.9 Å². The molecule has 1 aliphatic carbocycles. The van der Waals surface area contributed by atoms with E-state index < -0.39 is 5.41 Å². The van der Waals surface area contributed by atoms with Gasteiger partial charge in [-0.2, -0.15) is 0 Å². The molecule has 0 heterocycles. The summed E-state index contributed by atoms with van der Waals surface area (Å²) >= 11 is 0. The van der Waals surface area contributed by atoms with Gasteiger partial charge in [0, 0.05) is 12.4 Å². The van der Waals surface area contributed by atoms with Gasteiger partial charge in [-0.25, -0.2) is 0 Å². The van der Waals surface area contributed by atoms with Gasteiger partial charge in [0.2, 0.25) is 0 Å². The highest BCUT2D eigenvalue weighted by atomic mass is 16.5. The standard InChI is InChI=1S/C43H36N2O4/c1-46-39-23-13-29(25-41(39)48-3)27-44-33-19-15-31(16-20-33)43(37-11-7-5-9-35(37)36-10-6-8-12-38(36)43)32-17-21-34(22-18-32)45-28-30-14-24-40(47-2)42(26-30)49-4/h5-28H,1-4H3. The average molecular weight is 645 g/mol. The molecule has 242 valence electrons. The van der Waals surface area contributed by atoms with Crippen molar-refractivity contribution in [1.82, 2.24) is 0 Å². The van der Waals surface area contributed by atoms with Gasteiger partial charge in [-0.1, -0.05) is 72.8 Å². The average Bonchev–Trinajstić information content (AvgIpc) is 3.47. The molecular weight excluding hydrogens is 608 g/mol. The van der Waals surface area contributed by atoms with Crippen LogP contribution in [0.5, 0.6) is 23.0 Å². The van der Waals surface area contributed by atoms with Crippen molar-refractivity contribution in [2.75, 3.05) is 28.4 Å². The Bertz CT molecular complexity index is 2010. The minimum Gasteiger partial charge on any atom is -0.493 e. The summed E-state index contributed by atoms with van der Waals surface area (Å²) in [7, 11) is 6.53. The van der Waals surface area contributed by atoms with Crippen LogP contribution in [0.1, 0.15) is 33.4 Å². The molecule has 0 fully saturated rings. The van der Waals surface area contributed by atoms with E-state index in [2.05, 4.69) is 97.1 Å². The molecule has 0 saturated heterocycles. The largest absolute Gasteiger partial charge is 0.493 e. The van der Waals surface area contributed by atoms with E-state index in [9.17, 15) is 0 Å². The van der Waals surface area contributed by atoms with Gasteiger partial charge >= 0.3 is 0 Å². The second-order valence-electron chi connectivity index (χ2n) is 11.7. The van der Waals surface area contributed by atoms with Crippen LogP contribution in [0.2, 0.25) is 0 Å². The van der Waals surface area contributed by atoms with Crippen molar-refractivity contribution in [3.05, 3.63) is 167 Å². The van der Waals surface area contributed by atoms with Crippen molar-refractivity contribution >= 4 is 23.8 Å². The fraction of sp³-hybridized carbons (Fsp3) is 0.116. The van der Waals surface area contributed by atoms with Crippen molar-refractivity contribution in [1.29, 1.82) is 0 Å². The number of rotatable bonds is 10. The maximum absolute atomic E-state index is 5.47. The summed E-state index contributed by atoms with van der Waals surface area (Å²) < 4.78 is 21.7. The number of benzene rings is 6. The lowest BCUT2D eigenvalue weighted by molar-refractivity contribution is 0.355. The van der Waals surface area contributed by atoms with E-state index in [1.807, 2.05) is 48.8 Å². The van der Waals surface area contributed by atoms with Crippen LogP contribution in [0.4, 0.5) is 11.4 Å². The topological polar surface area (TPSA) is 61.6 Å². The Morgan fingerprint density at radius 3 is 1.20 bits per heavy atom. The Labute approximate surface area is 287 Å². The van der Waals surface area contributed by atoms with Crippen molar-refractivity contribution in [3.8, 4) is 34.1 Å². The molecule has 0 N–H and O–H groups in total. The lowest BCUT2D eigenvalue weighted by Gasteiger charge is -2.34. The Morgan fingerprint density at radius 2 is 0.816 bits per heavy atom. The molecule has 0 unspecified atom stereocenters.